The zero-order valence-corrected chi connectivity index (χ0v) is 5.65. The van der Waals surface area contributed by atoms with Crippen LogP contribution in [-0.2, 0) is 0 Å². The highest BCUT2D eigenvalue weighted by Crippen LogP contribution is 1.90. The molecule has 0 aromatic rings. The zero-order chi connectivity index (χ0) is 5.86. The van der Waals surface area contributed by atoms with Crippen molar-refractivity contribution in [3.63, 3.8) is 0 Å². The van der Waals surface area contributed by atoms with Crippen LogP contribution in [0.25, 0.3) is 0 Å². The predicted molar refractivity (Wildman–Crippen MR) is 36.9 cm³/mol. The maximum Gasteiger partial charge on any atom is 0.160 e. The lowest BCUT2D eigenvalue weighted by Crippen LogP contribution is -1.93. The summed E-state index contributed by atoms with van der Waals surface area (Å²) in [4.78, 5) is 0. The van der Waals surface area contributed by atoms with Gasteiger partial charge in [0.1, 0.15) is 0 Å². The molecule has 0 nitrogen and oxygen atoms in total. The first-order valence-corrected chi connectivity index (χ1v) is 2.78. The summed E-state index contributed by atoms with van der Waals surface area (Å²) in [7, 11) is 0. The van der Waals surface area contributed by atoms with Crippen molar-refractivity contribution in [2.75, 3.05) is 0 Å². The normalized spacial score (nSPS) is 8.00. The van der Waals surface area contributed by atoms with Crippen LogP contribution in [0.15, 0.2) is 11.5 Å². The largest absolute Gasteiger partial charge is 0.160 e. The van der Waals surface area contributed by atoms with E-state index in [0.717, 1.165) is 0 Å². The van der Waals surface area contributed by atoms with E-state index in [-0.39, 0.29) is 0 Å². The highest BCUT2D eigenvalue weighted by molar-refractivity contribution is 6.61. The zero-order valence-electron chi connectivity index (χ0n) is 5.65. The molecule has 0 rings (SSSR count). The average molecular weight is 96.0 g/mol. The first-order valence-electron chi connectivity index (χ1n) is 2.78. The number of rotatable bonds is 1. The molecule has 0 heterocycles. The van der Waals surface area contributed by atoms with Crippen LogP contribution in [-0.4, -0.2) is 6.71 Å². The van der Waals surface area contributed by atoms with Crippen molar-refractivity contribution >= 4 is 6.71 Å². The van der Waals surface area contributed by atoms with Crippen molar-refractivity contribution in [1.82, 2.24) is 0 Å². The Labute approximate surface area is 46.7 Å². The molecule has 0 unspecified atom stereocenters. The predicted octanol–water partition coefficient (Wildman–Crippen LogP) is 2.25. The van der Waals surface area contributed by atoms with E-state index in [2.05, 4.69) is 33.5 Å². The van der Waals surface area contributed by atoms with E-state index in [1.165, 1.54) is 5.57 Å². The molecule has 7 heavy (non-hydrogen) atoms. The number of hydrogen-bond acceptors (Lipinski definition) is 0. The lowest BCUT2D eigenvalue weighted by atomic mass is 9.54. The van der Waals surface area contributed by atoms with E-state index < -0.39 is 0 Å². The van der Waals surface area contributed by atoms with Gasteiger partial charge in [-0.2, -0.15) is 0 Å². The molecule has 1 heteroatoms. The molecule has 40 valence electrons. The Morgan fingerprint density at radius 1 is 1.29 bits per heavy atom. The topological polar surface area (TPSA) is 0 Å². The van der Waals surface area contributed by atoms with Crippen LogP contribution in [0.2, 0.25) is 13.6 Å². The molecular weight excluding hydrogens is 82.9 g/mol. The SMILES string of the molecule is CB(C)C=C(C)C. The minimum Gasteiger partial charge on any atom is -0.117 e. The van der Waals surface area contributed by atoms with Gasteiger partial charge in [-0.05, 0) is 13.8 Å². The first kappa shape index (κ1) is 6.80. The van der Waals surface area contributed by atoms with Gasteiger partial charge in [0.05, 0.1) is 0 Å². The fraction of sp³-hybridized carbons (Fsp3) is 0.667. The summed E-state index contributed by atoms with van der Waals surface area (Å²) in [5.41, 5.74) is 1.41. The summed E-state index contributed by atoms with van der Waals surface area (Å²) in [6.07, 6.45) is 0. The van der Waals surface area contributed by atoms with Gasteiger partial charge in [0, 0.05) is 0 Å². The highest BCUT2D eigenvalue weighted by Gasteiger charge is 1.88. The molecular formula is C6H13B. The summed E-state index contributed by atoms with van der Waals surface area (Å²) in [6, 6.07) is 0. The van der Waals surface area contributed by atoms with E-state index in [9.17, 15) is 0 Å². The van der Waals surface area contributed by atoms with Crippen molar-refractivity contribution < 1.29 is 0 Å². The third-order valence-electron chi connectivity index (χ3n) is 0.667. The monoisotopic (exact) mass is 96.1 g/mol. The van der Waals surface area contributed by atoms with E-state index in [1.807, 2.05) is 0 Å². The molecule has 0 atom stereocenters. The third kappa shape index (κ3) is 5.80. The molecule has 0 saturated carbocycles. The molecule has 0 radical (unpaired) electrons. The van der Waals surface area contributed by atoms with Gasteiger partial charge < -0.3 is 0 Å². The molecule has 0 fully saturated rings. The van der Waals surface area contributed by atoms with E-state index in [0.29, 0.717) is 6.71 Å². The maximum absolute atomic E-state index is 2.25. The summed E-state index contributed by atoms with van der Waals surface area (Å²) in [6.45, 7) is 9.34. The summed E-state index contributed by atoms with van der Waals surface area (Å²) in [5, 5.41) is 0. The van der Waals surface area contributed by atoms with Gasteiger partial charge in [0.2, 0.25) is 0 Å². The second-order valence-electron chi connectivity index (χ2n) is 2.49. The van der Waals surface area contributed by atoms with Crippen molar-refractivity contribution in [2.24, 2.45) is 0 Å². The van der Waals surface area contributed by atoms with Crippen molar-refractivity contribution in [1.29, 1.82) is 0 Å². The van der Waals surface area contributed by atoms with Crippen LogP contribution in [0.4, 0.5) is 0 Å². The van der Waals surface area contributed by atoms with E-state index in [4.69, 9.17) is 0 Å². The molecule has 0 aliphatic carbocycles. The maximum atomic E-state index is 2.25. The van der Waals surface area contributed by atoms with Crippen LogP contribution < -0.4 is 0 Å². The molecule has 0 aromatic carbocycles. The van der Waals surface area contributed by atoms with Crippen molar-refractivity contribution in [3.05, 3.63) is 11.5 Å². The van der Waals surface area contributed by atoms with Crippen LogP contribution in [0, 0.1) is 0 Å². The minimum absolute atomic E-state index is 0.713. The molecule has 0 aliphatic rings. The van der Waals surface area contributed by atoms with Gasteiger partial charge in [0.25, 0.3) is 0 Å². The summed E-state index contributed by atoms with van der Waals surface area (Å²) >= 11 is 0. The van der Waals surface area contributed by atoms with Gasteiger partial charge in [-0.15, -0.1) is 5.98 Å². The first-order chi connectivity index (χ1) is 3.13. The van der Waals surface area contributed by atoms with Crippen LogP contribution in [0.5, 0.6) is 0 Å². The fourth-order valence-electron chi connectivity index (χ4n) is 0.667. The van der Waals surface area contributed by atoms with Gasteiger partial charge >= 0.3 is 0 Å². The molecule has 0 aliphatic heterocycles. The average Bonchev–Trinajstić information content (AvgIpc) is 1.27. The lowest BCUT2D eigenvalue weighted by Gasteiger charge is -1.89. The fourth-order valence-corrected chi connectivity index (χ4v) is 0.667. The van der Waals surface area contributed by atoms with Crippen LogP contribution in [0.1, 0.15) is 13.8 Å². The lowest BCUT2D eigenvalue weighted by molar-refractivity contribution is 1.41. The Kier molecular flexibility index (Phi) is 2.81. The van der Waals surface area contributed by atoms with Gasteiger partial charge in [-0.1, -0.05) is 19.2 Å². The standard InChI is InChI=1S/C6H13B/c1-6(2)5-7(3)4/h5H,1-4H3. The second kappa shape index (κ2) is 2.89. The molecule has 0 spiro atoms. The van der Waals surface area contributed by atoms with E-state index in [1.54, 1.807) is 0 Å². The van der Waals surface area contributed by atoms with Crippen LogP contribution >= 0.6 is 0 Å². The Morgan fingerprint density at radius 3 is 1.71 bits per heavy atom. The Bertz CT molecular complexity index is 68.2. The van der Waals surface area contributed by atoms with Crippen LogP contribution in [0.3, 0.4) is 0 Å². The summed E-state index contributed by atoms with van der Waals surface area (Å²) in [5.74, 6) is 2.25. The molecule has 0 N–H and O–H groups in total. The molecule has 0 amide bonds. The van der Waals surface area contributed by atoms with Crippen molar-refractivity contribution in [3.8, 4) is 0 Å². The van der Waals surface area contributed by atoms with Gasteiger partial charge in [0.15, 0.2) is 6.71 Å². The Morgan fingerprint density at radius 2 is 1.71 bits per heavy atom. The molecule has 0 aromatic heterocycles. The minimum atomic E-state index is 0.713. The summed E-state index contributed by atoms with van der Waals surface area (Å²) < 4.78 is 0. The second-order valence-corrected chi connectivity index (χ2v) is 2.49. The van der Waals surface area contributed by atoms with Gasteiger partial charge in [-0.3, -0.25) is 0 Å². The quantitative estimate of drug-likeness (QED) is 0.439. The third-order valence-corrected chi connectivity index (χ3v) is 0.667. The van der Waals surface area contributed by atoms with E-state index >= 15 is 0 Å². The Balaban J connectivity index is 3.45. The number of hydrogen-bond donors (Lipinski definition) is 0. The highest BCUT2D eigenvalue weighted by atomic mass is 13.7. The number of allylic oxidation sites excluding steroid dienone is 1. The smallest absolute Gasteiger partial charge is 0.117 e. The van der Waals surface area contributed by atoms with Crippen molar-refractivity contribution in [2.45, 2.75) is 27.5 Å². The molecule has 0 saturated heterocycles. The van der Waals surface area contributed by atoms with Gasteiger partial charge in [-0.25, -0.2) is 0 Å². The molecule has 0 bridgehead atoms. The Hall–Kier alpha value is -0.195.